The molecule has 1 N–H and O–H groups in total. The Morgan fingerprint density at radius 1 is 0.891 bits per heavy atom. The van der Waals surface area contributed by atoms with Crippen molar-refractivity contribution in [1.82, 2.24) is 20.0 Å². The highest BCUT2D eigenvalue weighted by molar-refractivity contribution is 6.30. The third kappa shape index (κ3) is 7.40. The zero-order valence-electron chi connectivity index (χ0n) is 26.2. The van der Waals surface area contributed by atoms with E-state index in [9.17, 15) is 14.4 Å². The van der Waals surface area contributed by atoms with Crippen LogP contribution < -0.4 is 14.8 Å². The van der Waals surface area contributed by atoms with Gasteiger partial charge in [0, 0.05) is 49.2 Å². The lowest BCUT2D eigenvalue weighted by atomic mass is 9.94. The highest BCUT2D eigenvalue weighted by Crippen LogP contribution is 2.45. The van der Waals surface area contributed by atoms with Crippen LogP contribution in [0.1, 0.15) is 49.5 Å². The lowest BCUT2D eigenvalue weighted by Gasteiger charge is -2.34. The molecule has 0 bridgehead atoms. The van der Waals surface area contributed by atoms with Crippen LogP contribution in [-0.2, 0) is 9.59 Å². The van der Waals surface area contributed by atoms with Gasteiger partial charge in [0.25, 0.3) is 0 Å². The van der Waals surface area contributed by atoms with Crippen molar-refractivity contribution in [3.05, 3.63) is 93.5 Å². The maximum Gasteiger partial charge on any atom is 0.324 e. The van der Waals surface area contributed by atoms with Crippen molar-refractivity contribution in [2.45, 2.75) is 39.0 Å². The maximum absolute atomic E-state index is 14.3. The number of nitrogens with one attached hydrogen (secondary N) is 1. The number of urea groups is 1. The number of hydrogen-bond donors (Lipinski definition) is 1. The third-order valence-electron chi connectivity index (χ3n) is 7.97. The number of amidine groups is 1. The van der Waals surface area contributed by atoms with E-state index in [0.29, 0.717) is 59.1 Å². The van der Waals surface area contributed by atoms with E-state index in [2.05, 4.69) is 5.32 Å². The molecule has 0 aromatic heterocycles. The lowest BCUT2D eigenvalue weighted by Crippen LogP contribution is -2.53. The van der Waals surface area contributed by atoms with E-state index in [0.717, 1.165) is 11.1 Å². The molecule has 10 nitrogen and oxygen atoms in total. The van der Waals surface area contributed by atoms with Gasteiger partial charge < -0.3 is 24.6 Å². The van der Waals surface area contributed by atoms with Gasteiger partial charge in [-0.1, -0.05) is 47.5 Å². The van der Waals surface area contributed by atoms with Gasteiger partial charge in [0.15, 0.2) is 0 Å². The first kappa shape index (κ1) is 33.1. The van der Waals surface area contributed by atoms with Gasteiger partial charge in [-0.2, -0.15) is 0 Å². The van der Waals surface area contributed by atoms with Gasteiger partial charge in [0.05, 0.1) is 31.4 Å². The van der Waals surface area contributed by atoms with Crippen molar-refractivity contribution >= 4 is 46.9 Å². The number of carbonyl (C=O) groups is 3. The average Bonchev–Trinajstić information content (AvgIpc) is 3.44. The topological polar surface area (TPSA) is 104 Å². The number of nitrogens with zero attached hydrogens (tertiary/aromatic N) is 4. The Morgan fingerprint density at radius 2 is 1.48 bits per heavy atom. The Balaban J connectivity index is 1.54. The molecule has 2 aliphatic heterocycles. The monoisotopic (exact) mass is 665 g/mol. The average molecular weight is 667 g/mol. The molecule has 2 aliphatic rings. The summed E-state index contributed by atoms with van der Waals surface area (Å²) in [5.41, 5.74) is 2.23. The van der Waals surface area contributed by atoms with Crippen LogP contribution >= 0.6 is 23.2 Å². The first-order valence-corrected chi connectivity index (χ1v) is 15.9. The zero-order valence-corrected chi connectivity index (χ0v) is 27.7. The summed E-state index contributed by atoms with van der Waals surface area (Å²) < 4.78 is 11.7. The minimum Gasteiger partial charge on any atom is -0.497 e. The van der Waals surface area contributed by atoms with Gasteiger partial charge in [-0.3, -0.25) is 19.5 Å². The van der Waals surface area contributed by atoms with Crippen LogP contribution in [0, 0.1) is 0 Å². The molecule has 0 radical (unpaired) electrons. The van der Waals surface area contributed by atoms with E-state index in [4.69, 9.17) is 37.7 Å². The summed E-state index contributed by atoms with van der Waals surface area (Å²) >= 11 is 12.5. The number of hydrogen-bond acceptors (Lipinski definition) is 6. The lowest BCUT2D eigenvalue weighted by molar-refractivity contribution is -0.137. The van der Waals surface area contributed by atoms with Crippen molar-refractivity contribution in [2.75, 3.05) is 39.8 Å². The molecule has 4 amide bonds. The van der Waals surface area contributed by atoms with E-state index in [1.807, 2.05) is 44.2 Å². The van der Waals surface area contributed by atoms with Gasteiger partial charge in [-0.05, 0) is 61.4 Å². The second kappa shape index (κ2) is 14.4. The molecule has 0 aliphatic carbocycles. The Bertz CT molecular complexity index is 1610. The molecule has 0 unspecified atom stereocenters. The van der Waals surface area contributed by atoms with Gasteiger partial charge in [0.2, 0.25) is 11.8 Å². The Labute approximate surface area is 278 Å². The van der Waals surface area contributed by atoms with E-state index < -0.39 is 18.1 Å². The zero-order chi connectivity index (χ0) is 33.0. The first-order valence-electron chi connectivity index (χ1n) is 15.1. The van der Waals surface area contributed by atoms with Crippen molar-refractivity contribution < 1.29 is 23.9 Å². The summed E-state index contributed by atoms with van der Waals surface area (Å²) in [6, 6.07) is 18.4. The SMILES string of the molecule is COc1ccc(C2=N[C@H](c3ccc(Cl)cc3)[C@H](c3ccc(Cl)cc3)N2C(=O)NCC(=O)N2CCN(C(C)=O)CC2)c(OC(C)C)c1. The number of rotatable bonds is 8. The summed E-state index contributed by atoms with van der Waals surface area (Å²) in [5, 5.41) is 3.99. The first-order chi connectivity index (χ1) is 22.0. The minimum atomic E-state index is -0.600. The smallest absolute Gasteiger partial charge is 0.324 e. The second-order valence-corrected chi connectivity index (χ2v) is 12.3. The molecule has 3 aromatic rings. The fraction of sp³-hybridized carbons (Fsp3) is 0.353. The van der Waals surface area contributed by atoms with Gasteiger partial charge in [-0.15, -0.1) is 0 Å². The molecule has 2 heterocycles. The molecule has 242 valence electrons. The summed E-state index contributed by atoms with van der Waals surface area (Å²) in [6.07, 6.45) is -0.171. The van der Waals surface area contributed by atoms with Crippen molar-refractivity contribution in [1.29, 1.82) is 0 Å². The largest absolute Gasteiger partial charge is 0.497 e. The predicted octanol–water partition coefficient (Wildman–Crippen LogP) is 5.73. The van der Waals surface area contributed by atoms with E-state index >= 15 is 0 Å². The highest BCUT2D eigenvalue weighted by Gasteiger charge is 2.43. The summed E-state index contributed by atoms with van der Waals surface area (Å²) in [5.74, 6) is 1.20. The molecule has 2 atom stereocenters. The normalized spacial score (nSPS) is 18.0. The molecule has 46 heavy (non-hydrogen) atoms. The molecule has 12 heteroatoms. The van der Waals surface area contributed by atoms with Crippen molar-refractivity contribution in [3.8, 4) is 11.5 Å². The summed E-state index contributed by atoms with van der Waals surface area (Å²) in [6.45, 7) is 6.83. The van der Waals surface area contributed by atoms with Crippen LogP contribution in [0.15, 0.2) is 71.7 Å². The maximum atomic E-state index is 14.3. The molecule has 1 saturated heterocycles. The Morgan fingerprint density at radius 3 is 2.04 bits per heavy atom. The number of halogens is 2. The predicted molar refractivity (Wildman–Crippen MR) is 178 cm³/mol. The molecule has 1 fully saturated rings. The van der Waals surface area contributed by atoms with E-state index in [-0.39, 0.29) is 24.5 Å². The number of piperazine rings is 1. The quantitative estimate of drug-likeness (QED) is 0.331. The molecule has 5 rings (SSSR count). The molecule has 0 spiro atoms. The molecular weight excluding hydrogens is 629 g/mol. The standard InChI is InChI=1S/C34H37Cl2N5O5/c1-21(2)46-29-19-27(45-4)13-14-28(29)33-38-31(23-5-9-25(35)10-6-23)32(24-7-11-26(36)12-8-24)41(33)34(44)37-20-30(43)40-17-15-39(16-18-40)22(3)42/h5-14,19,21,31-32H,15-18,20H2,1-4H3,(H,37,44)/t31-,32+/m1/s1. The van der Waals surface area contributed by atoms with Crippen LogP contribution in [0.3, 0.4) is 0 Å². The van der Waals surface area contributed by atoms with Crippen LogP contribution in [0.25, 0.3) is 0 Å². The summed E-state index contributed by atoms with van der Waals surface area (Å²) in [7, 11) is 1.57. The number of carbonyl (C=O) groups excluding carboxylic acids is 3. The highest BCUT2D eigenvalue weighted by atomic mass is 35.5. The van der Waals surface area contributed by atoms with Gasteiger partial charge in [-0.25, -0.2) is 4.79 Å². The van der Waals surface area contributed by atoms with E-state index in [1.54, 1.807) is 58.2 Å². The Hall–Kier alpha value is -4.28. The number of aliphatic imine (C=N–C) groups is 1. The van der Waals surface area contributed by atoms with E-state index in [1.165, 1.54) is 6.92 Å². The van der Waals surface area contributed by atoms with Crippen LogP contribution in [-0.4, -0.2) is 84.3 Å². The number of methoxy groups -OCH3 is 1. The van der Waals surface area contributed by atoms with Crippen LogP contribution in [0.5, 0.6) is 11.5 Å². The van der Waals surface area contributed by atoms with Crippen molar-refractivity contribution in [2.24, 2.45) is 4.99 Å². The number of amides is 4. The second-order valence-electron chi connectivity index (χ2n) is 11.4. The number of benzene rings is 3. The fourth-order valence-electron chi connectivity index (χ4n) is 5.65. The Kier molecular flexibility index (Phi) is 10.4. The molecule has 0 saturated carbocycles. The molecule has 3 aromatic carbocycles. The van der Waals surface area contributed by atoms with Gasteiger partial charge >= 0.3 is 6.03 Å². The van der Waals surface area contributed by atoms with Crippen LogP contribution in [0.4, 0.5) is 4.79 Å². The minimum absolute atomic E-state index is 0.0240. The van der Waals surface area contributed by atoms with Gasteiger partial charge in [0.1, 0.15) is 23.4 Å². The third-order valence-corrected chi connectivity index (χ3v) is 8.47. The molecular formula is C34H37Cl2N5O5. The van der Waals surface area contributed by atoms with Crippen LogP contribution in [0.2, 0.25) is 10.0 Å². The number of ether oxygens (including phenoxy) is 2. The van der Waals surface area contributed by atoms with Crippen molar-refractivity contribution in [3.63, 3.8) is 0 Å². The fourth-order valence-corrected chi connectivity index (χ4v) is 5.90. The summed E-state index contributed by atoms with van der Waals surface area (Å²) in [4.78, 5) is 49.3.